The van der Waals surface area contributed by atoms with E-state index in [0.29, 0.717) is 6.42 Å². The van der Waals surface area contributed by atoms with Gasteiger partial charge in [-0.1, -0.05) is 70.4 Å². The maximum absolute atomic E-state index is 10.3. The molecule has 0 aliphatic rings. The van der Waals surface area contributed by atoms with Crippen LogP contribution in [0.15, 0.2) is 12.2 Å². The number of hydrogen-bond donors (Lipinski definition) is 1. The molecule has 0 aromatic carbocycles. The molecule has 0 fully saturated rings. The summed E-state index contributed by atoms with van der Waals surface area (Å²) in [5.41, 5.74) is 0. The molecule has 0 bridgehead atoms. The summed E-state index contributed by atoms with van der Waals surface area (Å²) in [6.07, 6.45) is 21.2. The first-order chi connectivity index (χ1) is 9.77. The molecule has 1 N–H and O–H groups in total. The SMILES string of the molecule is CCCCCCCC/C=C\CCCCCCCC(=O)O.Cl.[NaH].[NaH]. The Labute approximate surface area is 194 Å². The molecular formula is C18H37ClNa2O2. The first-order valence-electron chi connectivity index (χ1n) is 8.64. The van der Waals surface area contributed by atoms with Crippen molar-refractivity contribution in [1.29, 1.82) is 0 Å². The van der Waals surface area contributed by atoms with E-state index in [1.165, 1.54) is 70.6 Å². The molecular weight excluding hydrogens is 330 g/mol. The zero-order valence-electron chi connectivity index (χ0n) is 13.8. The van der Waals surface area contributed by atoms with Gasteiger partial charge in [0.15, 0.2) is 0 Å². The minimum absolute atomic E-state index is 0. The fourth-order valence-electron chi connectivity index (χ4n) is 2.35. The van der Waals surface area contributed by atoms with E-state index in [9.17, 15) is 4.79 Å². The molecule has 0 aromatic heterocycles. The molecule has 0 saturated heterocycles. The average molecular weight is 367 g/mol. The van der Waals surface area contributed by atoms with Crippen LogP contribution in [0.5, 0.6) is 0 Å². The van der Waals surface area contributed by atoms with Gasteiger partial charge in [0.05, 0.1) is 0 Å². The zero-order valence-corrected chi connectivity index (χ0v) is 14.6. The Balaban J connectivity index is -0.000000602. The van der Waals surface area contributed by atoms with Gasteiger partial charge < -0.3 is 5.11 Å². The molecule has 2 nitrogen and oxygen atoms in total. The van der Waals surface area contributed by atoms with Gasteiger partial charge in [-0.25, -0.2) is 0 Å². The van der Waals surface area contributed by atoms with Gasteiger partial charge in [0.25, 0.3) is 0 Å². The van der Waals surface area contributed by atoms with Crippen LogP contribution in [-0.2, 0) is 4.79 Å². The van der Waals surface area contributed by atoms with Crippen molar-refractivity contribution in [1.82, 2.24) is 0 Å². The van der Waals surface area contributed by atoms with Crippen LogP contribution in [0.3, 0.4) is 0 Å². The third-order valence-electron chi connectivity index (χ3n) is 3.65. The predicted octanol–water partition coefficient (Wildman–Crippen LogP) is 5.23. The Kier molecular flexibility index (Phi) is 39.6. The van der Waals surface area contributed by atoms with Crippen molar-refractivity contribution in [2.24, 2.45) is 0 Å². The van der Waals surface area contributed by atoms with Crippen molar-refractivity contribution >= 4 is 77.5 Å². The number of halogens is 1. The molecule has 0 heterocycles. The van der Waals surface area contributed by atoms with Crippen molar-refractivity contribution in [3.63, 3.8) is 0 Å². The van der Waals surface area contributed by atoms with E-state index in [2.05, 4.69) is 19.1 Å². The number of carboxylic acid groups (broad SMARTS) is 1. The van der Waals surface area contributed by atoms with Crippen molar-refractivity contribution < 1.29 is 9.90 Å². The molecule has 0 unspecified atom stereocenters. The first-order valence-corrected chi connectivity index (χ1v) is 8.64. The second kappa shape index (κ2) is 28.3. The summed E-state index contributed by atoms with van der Waals surface area (Å²) in [5, 5.41) is 8.51. The number of unbranched alkanes of at least 4 members (excludes halogenated alkanes) is 11. The summed E-state index contributed by atoms with van der Waals surface area (Å²) in [5.74, 6) is -0.664. The molecule has 130 valence electrons. The third kappa shape index (κ3) is 31.7. The monoisotopic (exact) mass is 366 g/mol. The van der Waals surface area contributed by atoms with Crippen LogP contribution in [0.25, 0.3) is 0 Å². The number of rotatable bonds is 15. The van der Waals surface area contributed by atoms with E-state index < -0.39 is 5.97 Å². The van der Waals surface area contributed by atoms with Gasteiger partial charge in [-0.3, -0.25) is 4.79 Å². The molecule has 0 spiro atoms. The molecule has 0 saturated carbocycles. The first kappa shape index (κ1) is 32.2. The van der Waals surface area contributed by atoms with Crippen LogP contribution >= 0.6 is 12.4 Å². The van der Waals surface area contributed by atoms with Crippen molar-refractivity contribution in [2.75, 3.05) is 0 Å². The molecule has 0 amide bonds. The van der Waals surface area contributed by atoms with E-state index >= 15 is 0 Å². The summed E-state index contributed by atoms with van der Waals surface area (Å²) in [7, 11) is 0. The number of hydrogen-bond acceptors (Lipinski definition) is 1. The van der Waals surface area contributed by atoms with Gasteiger partial charge in [-0.05, 0) is 32.1 Å². The maximum atomic E-state index is 10.3. The van der Waals surface area contributed by atoms with E-state index in [0.717, 1.165) is 12.8 Å². The molecule has 0 radical (unpaired) electrons. The van der Waals surface area contributed by atoms with Crippen LogP contribution in [-0.4, -0.2) is 70.2 Å². The predicted molar refractivity (Wildman–Crippen MR) is 109 cm³/mol. The Morgan fingerprint density at radius 3 is 1.57 bits per heavy atom. The van der Waals surface area contributed by atoms with Crippen LogP contribution < -0.4 is 0 Å². The number of carbonyl (C=O) groups is 1. The molecule has 0 aliphatic heterocycles. The van der Waals surface area contributed by atoms with E-state index in [1.54, 1.807) is 0 Å². The topological polar surface area (TPSA) is 37.3 Å². The van der Waals surface area contributed by atoms with Crippen LogP contribution in [0.4, 0.5) is 0 Å². The average Bonchev–Trinajstić information content (AvgIpc) is 2.43. The molecule has 0 rings (SSSR count). The van der Waals surface area contributed by atoms with Crippen molar-refractivity contribution in [3.8, 4) is 0 Å². The van der Waals surface area contributed by atoms with E-state index in [-0.39, 0.29) is 71.5 Å². The van der Waals surface area contributed by atoms with Gasteiger partial charge in [-0.15, -0.1) is 12.4 Å². The summed E-state index contributed by atoms with van der Waals surface area (Å²) >= 11 is 0. The van der Waals surface area contributed by atoms with E-state index in [4.69, 9.17) is 5.11 Å². The standard InChI is InChI=1S/C18H34O2.ClH.2Na.2H/c1-2-3-4-5-6-7-8-9-10-11-12-13-14-15-16-17-18(19)20;;;;;/h9-10H,2-8,11-17H2,1H3,(H,19,20);1H;;;;/b10-9-;;;;;. The third-order valence-corrected chi connectivity index (χ3v) is 3.65. The molecule has 0 aliphatic carbocycles. The molecule has 0 atom stereocenters. The second-order valence-electron chi connectivity index (χ2n) is 5.73. The number of carboxylic acids is 1. The van der Waals surface area contributed by atoms with Crippen LogP contribution in [0.2, 0.25) is 0 Å². The summed E-state index contributed by atoms with van der Waals surface area (Å²) in [6.45, 7) is 2.26. The summed E-state index contributed by atoms with van der Waals surface area (Å²) < 4.78 is 0. The summed E-state index contributed by atoms with van der Waals surface area (Å²) in [6, 6.07) is 0. The van der Waals surface area contributed by atoms with Gasteiger partial charge in [0.2, 0.25) is 0 Å². The van der Waals surface area contributed by atoms with Crippen LogP contribution in [0, 0.1) is 0 Å². The van der Waals surface area contributed by atoms with Crippen LogP contribution in [0.1, 0.15) is 96.8 Å². The van der Waals surface area contributed by atoms with Gasteiger partial charge in [0.1, 0.15) is 0 Å². The Bertz CT molecular complexity index is 249. The molecule has 5 heteroatoms. The zero-order chi connectivity index (χ0) is 14.9. The Morgan fingerprint density at radius 1 is 0.739 bits per heavy atom. The number of allylic oxidation sites excluding steroid dienone is 2. The fourth-order valence-corrected chi connectivity index (χ4v) is 2.35. The molecule has 23 heavy (non-hydrogen) atoms. The molecule has 0 aromatic rings. The minimum atomic E-state index is -0.664. The Hall–Kier alpha value is 1.50. The Morgan fingerprint density at radius 2 is 1.13 bits per heavy atom. The second-order valence-corrected chi connectivity index (χ2v) is 5.73. The fraction of sp³-hybridized carbons (Fsp3) is 0.833. The number of aliphatic carboxylic acids is 1. The van der Waals surface area contributed by atoms with Crippen molar-refractivity contribution in [2.45, 2.75) is 96.8 Å². The van der Waals surface area contributed by atoms with Crippen molar-refractivity contribution in [3.05, 3.63) is 12.2 Å². The van der Waals surface area contributed by atoms with Gasteiger partial charge >= 0.3 is 65.1 Å². The van der Waals surface area contributed by atoms with E-state index in [1.807, 2.05) is 0 Å². The van der Waals surface area contributed by atoms with Gasteiger partial charge in [-0.2, -0.15) is 0 Å². The quantitative estimate of drug-likeness (QED) is 0.244. The summed E-state index contributed by atoms with van der Waals surface area (Å²) in [4.78, 5) is 10.3. The normalized spacial score (nSPS) is 9.78. The van der Waals surface area contributed by atoms with Gasteiger partial charge in [0, 0.05) is 6.42 Å².